The van der Waals surface area contributed by atoms with Crippen LogP contribution in [0.25, 0.3) is 45.4 Å². The van der Waals surface area contributed by atoms with Gasteiger partial charge < -0.3 is 4.42 Å². The maximum absolute atomic E-state index is 6.36. The first-order chi connectivity index (χ1) is 16.9. The van der Waals surface area contributed by atoms with Gasteiger partial charge in [0, 0.05) is 22.9 Å². The fourth-order valence-electron chi connectivity index (χ4n) is 4.25. The Morgan fingerprint density at radius 3 is 2.41 bits per heavy atom. The number of rotatable bonds is 3. The first-order valence-corrected chi connectivity index (χ1v) is 11.9. The molecule has 0 saturated carbocycles. The molecular formula is C30H27N3O. The minimum Gasteiger partial charge on any atom is -0.459 e. The van der Waals surface area contributed by atoms with Gasteiger partial charge in [-0.15, -0.1) is 0 Å². The summed E-state index contributed by atoms with van der Waals surface area (Å²) in [6, 6.07) is 16.3. The number of nitrogens with zero attached hydrogens (tertiary/aromatic N) is 3. The van der Waals surface area contributed by atoms with E-state index in [-0.39, 0.29) is 0 Å². The summed E-state index contributed by atoms with van der Waals surface area (Å²) in [6.45, 7) is 4.00. The number of benzene rings is 2. The van der Waals surface area contributed by atoms with Gasteiger partial charge in [0.1, 0.15) is 11.3 Å². The van der Waals surface area contributed by atoms with Crippen LogP contribution in [-0.4, -0.2) is 15.0 Å². The molecule has 2 aromatic heterocycles. The Hall–Kier alpha value is -4.05. The smallest absolute Gasteiger partial charge is 0.167 e. The molecule has 0 radical (unpaired) electrons. The van der Waals surface area contributed by atoms with E-state index in [2.05, 4.69) is 48.6 Å². The number of aromatic nitrogens is 3. The standard InChI is InChI=1S/C28H21N3O.C2H6/c1-4-11-19(12-5-1)26-29-27(20-13-6-2-7-14-20)31-28(30-26)23-17-10-16-22-21-15-8-3-9-18-24(21)32-25(22)23;1-2/h1-6,8-13,15-17H,7,14,18H2;1-2H3. The van der Waals surface area contributed by atoms with Crippen molar-refractivity contribution in [3.05, 3.63) is 102 Å². The lowest BCUT2D eigenvalue weighted by Crippen LogP contribution is -2.03. The first kappa shape index (κ1) is 21.8. The third-order valence-electron chi connectivity index (χ3n) is 5.85. The quantitative estimate of drug-likeness (QED) is 0.322. The Bertz CT molecular complexity index is 1440. The number of furan rings is 1. The van der Waals surface area contributed by atoms with E-state index in [9.17, 15) is 0 Å². The van der Waals surface area contributed by atoms with E-state index in [0.717, 1.165) is 64.1 Å². The van der Waals surface area contributed by atoms with Crippen LogP contribution in [-0.2, 0) is 6.42 Å². The molecule has 0 spiro atoms. The Balaban J connectivity index is 0.00000117. The fraction of sp³-hybridized carbons (Fsp3) is 0.167. The number of hydrogen-bond acceptors (Lipinski definition) is 4. The molecule has 4 aromatic rings. The summed E-state index contributed by atoms with van der Waals surface area (Å²) in [6.07, 6.45) is 17.4. The number of allylic oxidation sites excluding steroid dienone is 7. The maximum Gasteiger partial charge on any atom is 0.167 e. The van der Waals surface area contributed by atoms with Crippen LogP contribution in [0.2, 0.25) is 0 Å². The molecular weight excluding hydrogens is 418 g/mol. The Kier molecular flexibility index (Phi) is 6.30. The van der Waals surface area contributed by atoms with Crippen LogP contribution in [0.5, 0.6) is 0 Å². The van der Waals surface area contributed by atoms with Gasteiger partial charge in [-0.3, -0.25) is 0 Å². The molecule has 4 heteroatoms. The zero-order valence-electron chi connectivity index (χ0n) is 19.5. The van der Waals surface area contributed by atoms with Gasteiger partial charge in [-0.1, -0.05) is 98.8 Å². The van der Waals surface area contributed by atoms with Crippen LogP contribution >= 0.6 is 0 Å². The second-order valence-electron chi connectivity index (χ2n) is 7.94. The lowest BCUT2D eigenvalue weighted by atomic mass is 10.0. The molecule has 0 amide bonds. The van der Waals surface area contributed by atoms with Crippen molar-refractivity contribution in [2.24, 2.45) is 0 Å². The summed E-state index contributed by atoms with van der Waals surface area (Å²) in [5, 5.41) is 1.08. The van der Waals surface area contributed by atoms with Gasteiger partial charge in [0.2, 0.25) is 0 Å². The van der Waals surface area contributed by atoms with E-state index in [1.54, 1.807) is 0 Å². The van der Waals surface area contributed by atoms with Crippen LogP contribution in [0.15, 0.2) is 89.4 Å². The summed E-state index contributed by atoms with van der Waals surface area (Å²) in [5.41, 5.74) is 4.94. The normalized spacial score (nSPS) is 14.2. The molecule has 2 aromatic carbocycles. The highest BCUT2D eigenvalue weighted by Crippen LogP contribution is 2.36. The van der Waals surface area contributed by atoms with Crippen LogP contribution in [0.1, 0.15) is 43.8 Å². The average molecular weight is 446 g/mol. The average Bonchev–Trinajstić information content (AvgIpc) is 3.11. The highest BCUT2D eigenvalue weighted by atomic mass is 16.3. The third-order valence-corrected chi connectivity index (χ3v) is 5.85. The summed E-state index contributed by atoms with van der Waals surface area (Å²) >= 11 is 0. The zero-order valence-corrected chi connectivity index (χ0v) is 19.5. The van der Waals surface area contributed by atoms with Crippen molar-refractivity contribution < 1.29 is 4.42 Å². The van der Waals surface area contributed by atoms with Gasteiger partial charge in [-0.25, -0.2) is 15.0 Å². The van der Waals surface area contributed by atoms with Crippen LogP contribution in [0, 0.1) is 0 Å². The topological polar surface area (TPSA) is 51.8 Å². The largest absolute Gasteiger partial charge is 0.459 e. The van der Waals surface area contributed by atoms with Crippen molar-refractivity contribution in [1.82, 2.24) is 15.0 Å². The van der Waals surface area contributed by atoms with Crippen molar-refractivity contribution in [3.8, 4) is 22.8 Å². The molecule has 0 saturated heterocycles. The molecule has 0 unspecified atom stereocenters. The summed E-state index contributed by atoms with van der Waals surface area (Å²) in [7, 11) is 0. The lowest BCUT2D eigenvalue weighted by Gasteiger charge is -2.11. The molecule has 0 aliphatic heterocycles. The van der Waals surface area contributed by atoms with Crippen molar-refractivity contribution in [1.29, 1.82) is 0 Å². The van der Waals surface area contributed by atoms with Gasteiger partial charge in [-0.2, -0.15) is 0 Å². The van der Waals surface area contributed by atoms with E-state index in [4.69, 9.17) is 19.4 Å². The fourth-order valence-corrected chi connectivity index (χ4v) is 4.25. The van der Waals surface area contributed by atoms with Crippen molar-refractivity contribution in [2.45, 2.75) is 33.1 Å². The molecule has 34 heavy (non-hydrogen) atoms. The van der Waals surface area contributed by atoms with E-state index >= 15 is 0 Å². The van der Waals surface area contributed by atoms with Gasteiger partial charge in [-0.05, 0) is 24.5 Å². The highest BCUT2D eigenvalue weighted by molar-refractivity contribution is 5.97. The van der Waals surface area contributed by atoms with Gasteiger partial charge >= 0.3 is 0 Å². The monoisotopic (exact) mass is 445 g/mol. The van der Waals surface area contributed by atoms with Crippen molar-refractivity contribution in [3.63, 3.8) is 0 Å². The summed E-state index contributed by atoms with van der Waals surface area (Å²) in [5.74, 6) is 3.01. The first-order valence-electron chi connectivity index (χ1n) is 11.9. The van der Waals surface area contributed by atoms with E-state index in [1.165, 1.54) is 0 Å². The lowest BCUT2D eigenvalue weighted by molar-refractivity contribution is 0.565. The highest BCUT2D eigenvalue weighted by Gasteiger charge is 2.20. The molecule has 2 aliphatic rings. The Morgan fingerprint density at radius 2 is 1.59 bits per heavy atom. The van der Waals surface area contributed by atoms with Gasteiger partial charge in [0.05, 0.1) is 5.56 Å². The second kappa shape index (κ2) is 9.84. The zero-order chi connectivity index (χ0) is 23.3. The maximum atomic E-state index is 6.36. The Labute approximate surface area is 200 Å². The number of hydrogen-bond donors (Lipinski definition) is 0. The molecule has 4 nitrogen and oxygen atoms in total. The second-order valence-corrected chi connectivity index (χ2v) is 7.94. The molecule has 0 atom stereocenters. The van der Waals surface area contributed by atoms with Gasteiger partial charge in [0.15, 0.2) is 17.5 Å². The molecule has 2 heterocycles. The minimum atomic E-state index is 0.637. The third kappa shape index (κ3) is 4.15. The summed E-state index contributed by atoms with van der Waals surface area (Å²) in [4.78, 5) is 14.6. The SMILES string of the molecule is C1=CCCC(c2nc(-c3ccccc3)nc(-c3cccc4c5c(oc34)CC=CC=C5)n2)=C1.CC. The predicted molar refractivity (Wildman–Crippen MR) is 140 cm³/mol. The minimum absolute atomic E-state index is 0.637. The van der Waals surface area contributed by atoms with Crippen molar-refractivity contribution in [2.75, 3.05) is 0 Å². The van der Waals surface area contributed by atoms with Crippen molar-refractivity contribution >= 4 is 22.6 Å². The van der Waals surface area contributed by atoms with Crippen LogP contribution in [0.4, 0.5) is 0 Å². The molecule has 0 N–H and O–H groups in total. The van der Waals surface area contributed by atoms with E-state index < -0.39 is 0 Å². The summed E-state index contributed by atoms with van der Waals surface area (Å²) < 4.78 is 6.36. The molecule has 0 bridgehead atoms. The van der Waals surface area contributed by atoms with Crippen LogP contribution in [0.3, 0.4) is 0 Å². The van der Waals surface area contributed by atoms with Gasteiger partial charge in [0.25, 0.3) is 0 Å². The molecule has 168 valence electrons. The van der Waals surface area contributed by atoms with E-state index in [1.807, 2.05) is 56.3 Å². The molecule has 2 aliphatic carbocycles. The van der Waals surface area contributed by atoms with Crippen LogP contribution < -0.4 is 0 Å². The molecule has 6 rings (SSSR count). The molecule has 0 fully saturated rings. The van der Waals surface area contributed by atoms with E-state index in [0.29, 0.717) is 11.6 Å². The predicted octanol–water partition coefficient (Wildman–Crippen LogP) is 7.84. The number of para-hydroxylation sites is 1. The Morgan fingerprint density at radius 1 is 0.765 bits per heavy atom. The number of fused-ring (bicyclic) bond motifs is 3.